The normalized spacial score (nSPS) is 24.7. The third kappa shape index (κ3) is 4.84. The van der Waals surface area contributed by atoms with Gasteiger partial charge in [-0.05, 0) is 39.2 Å². The zero-order chi connectivity index (χ0) is 18.5. The average Bonchev–Trinajstić information content (AvgIpc) is 3.14. The molecule has 3 heterocycles. The topological polar surface area (TPSA) is 67.7 Å². The molecule has 144 valence electrons. The molecule has 3 rings (SSSR count). The van der Waals surface area contributed by atoms with Gasteiger partial charge < -0.3 is 14.5 Å². The molecule has 0 saturated carbocycles. The number of amides is 2. The summed E-state index contributed by atoms with van der Waals surface area (Å²) < 4.78 is 7.56. The van der Waals surface area contributed by atoms with Crippen LogP contribution in [0.3, 0.4) is 0 Å². The fraction of sp³-hybridized carbons (Fsp3) is 0.737. The second-order valence-electron chi connectivity index (χ2n) is 7.53. The summed E-state index contributed by atoms with van der Waals surface area (Å²) in [6, 6.07) is 1.89. The van der Waals surface area contributed by atoms with Crippen LogP contribution in [0.5, 0.6) is 0 Å². The Hall–Kier alpha value is -1.89. The van der Waals surface area contributed by atoms with Gasteiger partial charge in [0.25, 0.3) is 0 Å². The summed E-state index contributed by atoms with van der Waals surface area (Å²) in [5.41, 5.74) is 0. The molecule has 0 aromatic carbocycles. The van der Waals surface area contributed by atoms with E-state index >= 15 is 0 Å². The molecule has 7 heteroatoms. The molecule has 0 aliphatic carbocycles. The standard InChI is InChI=1S/C19H30N4O3/c1-15-13-22(14-16(2)26-15)19(25)17-6-11-21(12-7-17)18(24)5-3-9-23-10-4-8-20-23/h4,8,10,15-17H,3,5-7,9,11-14H2,1-2H3. The maximum atomic E-state index is 12.8. The lowest BCUT2D eigenvalue weighted by Crippen LogP contribution is -2.51. The summed E-state index contributed by atoms with van der Waals surface area (Å²) in [6.07, 6.45) is 6.72. The number of ether oxygens (including phenoxy) is 1. The van der Waals surface area contributed by atoms with E-state index in [-0.39, 0.29) is 29.9 Å². The number of likely N-dealkylation sites (tertiary alicyclic amines) is 1. The summed E-state index contributed by atoms with van der Waals surface area (Å²) in [5, 5.41) is 4.15. The van der Waals surface area contributed by atoms with Crippen LogP contribution in [-0.4, -0.2) is 69.8 Å². The molecule has 1 aromatic rings. The number of carbonyl (C=O) groups excluding carboxylic acids is 2. The number of aryl methyl sites for hydroxylation is 1. The van der Waals surface area contributed by atoms with Crippen LogP contribution in [0.25, 0.3) is 0 Å². The van der Waals surface area contributed by atoms with Crippen molar-refractivity contribution in [1.82, 2.24) is 19.6 Å². The zero-order valence-electron chi connectivity index (χ0n) is 15.8. The van der Waals surface area contributed by atoms with Gasteiger partial charge in [-0.2, -0.15) is 5.10 Å². The fourth-order valence-electron chi connectivity index (χ4n) is 3.97. The van der Waals surface area contributed by atoms with Crippen molar-refractivity contribution in [3.05, 3.63) is 18.5 Å². The maximum absolute atomic E-state index is 12.8. The number of aromatic nitrogens is 2. The van der Waals surface area contributed by atoms with Crippen molar-refractivity contribution in [3.63, 3.8) is 0 Å². The van der Waals surface area contributed by atoms with Crippen molar-refractivity contribution in [2.24, 2.45) is 5.92 Å². The molecule has 1 aromatic heterocycles. The Kier molecular flexibility index (Phi) is 6.29. The Morgan fingerprint density at radius 2 is 1.81 bits per heavy atom. The highest BCUT2D eigenvalue weighted by molar-refractivity contribution is 5.80. The first kappa shape index (κ1) is 18.9. The predicted octanol–water partition coefficient (Wildman–Crippen LogP) is 1.54. The van der Waals surface area contributed by atoms with Crippen LogP contribution in [0.15, 0.2) is 18.5 Å². The lowest BCUT2D eigenvalue weighted by Gasteiger charge is -2.39. The second kappa shape index (κ2) is 8.66. The minimum Gasteiger partial charge on any atom is -0.372 e. The molecule has 2 saturated heterocycles. The van der Waals surface area contributed by atoms with Crippen LogP contribution in [0.1, 0.15) is 39.5 Å². The number of morpholine rings is 1. The molecule has 2 unspecified atom stereocenters. The molecule has 2 aliphatic rings. The molecule has 26 heavy (non-hydrogen) atoms. The Morgan fingerprint density at radius 3 is 2.42 bits per heavy atom. The van der Waals surface area contributed by atoms with E-state index in [4.69, 9.17) is 4.74 Å². The highest BCUT2D eigenvalue weighted by atomic mass is 16.5. The van der Waals surface area contributed by atoms with E-state index in [9.17, 15) is 9.59 Å². The lowest BCUT2D eigenvalue weighted by atomic mass is 9.94. The Morgan fingerprint density at radius 1 is 1.12 bits per heavy atom. The zero-order valence-corrected chi connectivity index (χ0v) is 15.8. The Labute approximate surface area is 155 Å². The minimum absolute atomic E-state index is 0.0422. The molecular formula is C19H30N4O3. The van der Waals surface area contributed by atoms with E-state index in [0.29, 0.717) is 32.6 Å². The molecule has 2 amide bonds. The van der Waals surface area contributed by atoms with E-state index < -0.39 is 0 Å². The van der Waals surface area contributed by atoms with Gasteiger partial charge in [0.1, 0.15) is 0 Å². The summed E-state index contributed by atoms with van der Waals surface area (Å²) in [5.74, 6) is 0.468. The van der Waals surface area contributed by atoms with Crippen LogP contribution in [-0.2, 0) is 20.9 Å². The van der Waals surface area contributed by atoms with Gasteiger partial charge >= 0.3 is 0 Å². The van der Waals surface area contributed by atoms with E-state index in [2.05, 4.69) is 5.10 Å². The van der Waals surface area contributed by atoms with Gasteiger partial charge in [-0.15, -0.1) is 0 Å². The molecular weight excluding hydrogens is 332 g/mol. The summed E-state index contributed by atoms with van der Waals surface area (Å²) in [7, 11) is 0. The quantitative estimate of drug-likeness (QED) is 0.797. The predicted molar refractivity (Wildman–Crippen MR) is 97.4 cm³/mol. The second-order valence-corrected chi connectivity index (χ2v) is 7.53. The van der Waals surface area contributed by atoms with Gasteiger partial charge in [-0.25, -0.2) is 0 Å². The fourth-order valence-corrected chi connectivity index (χ4v) is 3.97. The molecule has 2 fully saturated rings. The smallest absolute Gasteiger partial charge is 0.225 e. The molecule has 7 nitrogen and oxygen atoms in total. The van der Waals surface area contributed by atoms with Crippen molar-refractivity contribution >= 4 is 11.8 Å². The first-order chi connectivity index (χ1) is 12.5. The Bertz CT molecular complexity index is 586. The summed E-state index contributed by atoms with van der Waals surface area (Å²) in [4.78, 5) is 29.0. The number of hydrogen-bond donors (Lipinski definition) is 0. The molecule has 2 aliphatic heterocycles. The average molecular weight is 362 g/mol. The number of carbonyl (C=O) groups is 2. The van der Waals surface area contributed by atoms with Crippen LogP contribution in [0, 0.1) is 5.92 Å². The largest absolute Gasteiger partial charge is 0.372 e. The number of nitrogens with zero attached hydrogens (tertiary/aromatic N) is 4. The number of piperidine rings is 1. The molecule has 0 spiro atoms. The van der Waals surface area contributed by atoms with Crippen LogP contribution >= 0.6 is 0 Å². The minimum atomic E-state index is 0.0422. The summed E-state index contributed by atoms with van der Waals surface area (Å²) >= 11 is 0. The van der Waals surface area contributed by atoms with Gasteiger partial charge in [0.2, 0.25) is 11.8 Å². The van der Waals surface area contributed by atoms with E-state index in [1.807, 2.05) is 40.6 Å². The molecule has 0 radical (unpaired) electrons. The molecule has 0 bridgehead atoms. The van der Waals surface area contributed by atoms with Gasteiger partial charge in [0.15, 0.2) is 0 Å². The Balaban J connectivity index is 1.40. The van der Waals surface area contributed by atoms with Gasteiger partial charge in [-0.3, -0.25) is 14.3 Å². The van der Waals surface area contributed by atoms with E-state index in [1.54, 1.807) is 6.20 Å². The SMILES string of the molecule is CC1CN(C(=O)C2CCN(C(=O)CCCn3cccn3)CC2)CC(C)O1. The molecule has 2 atom stereocenters. The van der Waals surface area contributed by atoms with Crippen LogP contribution in [0.4, 0.5) is 0 Å². The first-order valence-electron chi connectivity index (χ1n) is 9.72. The van der Waals surface area contributed by atoms with Crippen molar-refractivity contribution < 1.29 is 14.3 Å². The highest BCUT2D eigenvalue weighted by Crippen LogP contribution is 2.22. The first-order valence-corrected chi connectivity index (χ1v) is 9.72. The van der Waals surface area contributed by atoms with Crippen molar-refractivity contribution in [2.75, 3.05) is 26.2 Å². The van der Waals surface area contributed by atoms with Gasteiger partial charge in [-0.1, -0.05) is 0 Å². The van der Waals surface area contributed by atoms with Crippen LogP contribution < -0.4 is 0 Å². The highest BCUT2D eigenvalue weighted by Gasteiger charge is 2.33. The number of rotatable bonds is 5. The number of hydrogen-bond acceptors (Lipinski definition) is 4. The molecule has 0 N–H and O–H groups in total. The van der Waals surface area contributed by atoms with E-state index in [1.165, 1.54) is 0 Å². The van der Waals surface area contributed by atoms with Crippen molar-refractivity contribution in [1.29, 1.82) is 0 Å². The summed E-state index contributed by atoms with van der Waals surface area (Å²) in [6.45, 7) is 7.52. The third-order valence-electron chi connectivity index (χ3n) is 5.27. The van der Waals surface area contributed by atoms with Crippen molar-refractivity contribution in [2.45, 2.75) is 58.3 Å². The lowest BCUT2D eigenvalue weighted by molar-refractivity contribution is -0.150. The maximum Gasteiger partial charge on any atom is 0.225 e. The monoisotopic (exact) mass is 362 g/mol. The van der Waals surface area contributed by atoms with Crippen molar-refractivity contribution in [3.8, 4) is 0 Å². The van der Waals surface area contributed by atoms with E-state index in [0.717, 1.165) is 25.8 Å². The third-order valence-corrected chi connectivity index (χ3v) is 5.27. The van der Waals surface area contributed by atoms with Gasteiger partial charge in [0, 0.05) is 57.5 Å². The van der Waals surface area contributed by atoms with Gasteiger partial charge in [0.05, 0.1) is 12.2 Å². The van der Waals surface area contributed by atoms with Crippen LogP contribution in [0.2, 0.25) is 0 Å².